The first-order chi connectivity index (χ1) is 7.86. The average Bonchev–Trinajstić information content (AvgIpc) is 2.36. The number of nitrogens with zero attached hydrogens (tertiary/aromatic N) is 1. The average molecular weight is 216 g/mol. The third kappa shape index (κ3) is 1.94. The molecule has 2 rings (SSSR count). The third-order valence-corrected chi connectivity index (χ3v) is 2.46. The van der Waals surface area contributed by atoms with Gasteiger partial charge in [0.1, 0.15) is 11.3 Å². The van der Waals surface area contributed by atoms with Gasteiger partial charge in [0.15, 0.2) is 0 Å². The number of benzene rings is 1. The lowest BCUT2D eigenvalue weighted by atomic mass is 10.1. The van der Waals surface area contributed by atoms with Crippen molar-refractivity contribution in [3.8, 4) is 5.75 Å². The summed E-state index contributed by atoms with van der Waals surface area (Å²) in [6.07, 6.45) is 2.79. The standard InChI is InChI=1S/C13H16N2O/c1-3-9-16-12-7-6-11(14-2)10-5-4-8-15-13(10)12/h4-8,14H,3,9H2,1-2H3. The molecule has 0 amide bonds. The summed E-state index contributed by atoms with van der Waals surface area (Å²) in [6, 6.07) is 7.98. The van der Waals surface area contributed by atoms with E-state index >= 15 is 0 Å². The van der Waals surface area contributed by atoms with Gasteiger partial charge >= 0.3 is 0 Å². The molecule has 1 aromatic heterocycles. The highest BCUT2D eigenvalue weighted by molar-refractivity contribution is 5.95. The van der Waals surface area contributed by atoms with E-state index in [1.54, 1.807) is 6.20 Å². The monoisotopic (exact) mass is 216 g/mol. The van der Waals surface area contributed by atoms with Crippen LogP contribution in [-0.2, 0) is 0 Å². The second-order valence-electron chi connectivity index (χ2n) is 3.61. The van der Waals surface area contributed by atoms with Gasteiger partial charge in [0.2, 0.25) is 0 Å². The summed E-state index contributed by atoms with van der Waals surface area (Å²) in [5.74, 6) is 0.858. The first kappa shape index (κ1) is 10.7. The predicted molar refractivity (Wildman–Crippen MR) is 67.1 cm³/mol. The summed E-state index contributed by atoms with van der Waals surface area (Å²) in [5, 5.41) is 4.25. The highest BCUT2D eigenvalue weighted by Gasteiger charge is 2.06. The van der Waals surface area contributed by atoms with Crippen LogP contribution in [0.25, 0.3) is 10.9 Å². The fourth-order valence-electron chi connectivity index (χ4n) is 1.69. The van der Waals surface area contributed by atoms with E-state index in [1.165, 1.54) is 0 Å². The van der Waals surface area contributed by atoms with E-state index < -0.39 is 0 Å². The Labute approximate surface area is 95.5 Å². The highest BCUT2D eigenvalue weighted by Crippen LogP contribution is 2.29. The Hall–Kier alpha value is -1.77. The van der Waals surface area contributed by atoms with Crippen LogP contribution in [0.15, 0.2) is 30.5 Å². The van der Waals surface area contributed by atoms with E-state index in [2.05, 4.69) is 17.2 Å². The zero-order valence-corrected chi connectivity index (χ0v) is 9.66. The molecule has 0 saturated heterocycles. The van der Waals surface area contributed by atoms with Crippen LogP contribution in [0.2, 0.25) is 0 Å². The van der Waals surface area contributed by atoms with E-state index in [-0.39, 0.29) is 0 Å². The normalized spacial score (nSPS) is 10.4. The summed E-state index contributed by atoms with van der Waals surface area (Å²) in [6.45, 7) is 2.82. The fourth-order valence-corrected chi connectivity index (χ4v) is 1.69. The van der Waals surface area contributed by atoms with E-state index in [0.717, 1.165) is 35.4 Å². The van der Waals surface area contributed by atoms with Gasteiger partial charge in [-0.2, -0.15) is 0 Å². The number of nitrogens with one attached hydrogen (secondary N) is 1. The molecule has 2 aromatic rings. The number of hydrogen-bond donors (Lipinski definition) is 1. The molecular formula is C13H16N2O. The number of hydrogen-bond acceptors (Lipinski definition) is 3. The summed E-state index contributed by atoms with van der Waals surface area (Å²) in [4.78, 5) is 4.38. The molecule has 0 spiro atoms. The van der Waals surface area contributed by atoms with Crippen LogP contribution in [0.4, 0.5) is 5.69 Å². The number of fused-ring (bicyclic) bond motifs is 1. The molecule has 0 bridgehead atoms. The van der Waals surface area contributed by atoms with Crippen molar-refractivity contribution in [1.82, 2.24) is 4.98 Å². The number of pyridine rings is 1. The first-order valence-electron chi connectivity index (χ1n) is 5.55. The number of ether oxygens (including phenoxy) is 1. The van der Waals surface area contributed by atoms with E-state index in [4.69, 9.17) is 4.74 Å². The van der Waals surface area contributed by atoms with Crippen molar-refractivity contribution in [1.29, 1.82) is 0 Å². The number of rotatable bonds is 4. The van der Waals surface area contributed by atoms with Gasteiger partial charge in [-0.1, -0.05) is 6.92 Å². The third-order valence-electron chi connectivity index (χ3n) is 2.46. The van der Waals surface area contributed by atoms with Gasteiger partial charge < -0.3 is 10.1 Å². The maximum absolute atomic E-state index is 5.68. The lowest BCUT2D eigenvalue weighted by Gasteiger charge is -2.10. The molecule has 3 nitrogen and oxygen atoms in total. The van der Waals surface area contributed by atoms with Gasteiger partial charge in [-0.25, -0.2) is 0 Å². The van der Waals surface area contributed by atoms with Crippen LogP contribution in [-0.4, -0.2) is 18.6 Å². The van der Waals surface area contributed by atoms with Gasteiger partial charge in [-0.05, 0) is 30.7 Å². The van der Waals surface area contributed by atoms with Crippen molar-refractivity contribution >= 4 is 16.6 Å². The zero-order valence-electron chi connectivity index (χ0n) is 9.66. The van der Waals surface area contributed by atoms with Gasteiger partial charge in [-0.15, -0.1) is 0 Å². The maximum atomic E-state index is 5.68. The van der Waals surface area contributed by atoms with Crippen LogP contribution < -0.4 is 10.1 Å². The molecule has 0 aliphatic heterocycles. The minimum atomic E-state index is 0.727. The molecule has 0 aliphatic rings. The molecule has 1 N–H and O–H groups in total. The Morgan fingerprint density at radius 3 is 2.94 bits per heavy atom. The van der Waals surface area contributed by atoms with Gasteiger partial charge in [-0.3, -0.25) is 4.98 Å². The molecule has 0 unspecified atom stereocenters. The number of aromatic nitrogens is 1. The first-order valence-corrected chi connectivity index (χ1v) is 5.55. The smallest absolute Gasteiger partial charge is 0.145 e. The minimum Gasteiger partial charge on any atom is -0.491 e. The highest BCUT2D eigenvalue weighted by atomic mass is 16.5. The summed E-state index contributed by atoms with van der Waals surface area (Å²) < 4.78 is 5.68. The van der Waals surface area contributed by atoms with Gasteiger partial charge in [0.05, 0.1) is 6.61 Å². The molecule has 16 heavy (non-hydrogen) atoms. The molecule has 0 aliphatic carbocycles. The SMILES string of the molecule is CCCOc1ccc(NC)c2cccnc12. The van der Waals surface area contributed by atoms with Crippen molar-refractivity contribution in [2.75, 3.05) is 19.0 Å². The molecule has 0 atom stereocenters. The Kier molecular flexibility index (Phi) is 3.25. The van der Waals surface area contributed by atoms with Crippen LogP contribution in [0.3, 0.4) is 0 Å². The van der Waals surface area contributed by atoms with Gasteiger partial charge in [0.25, 0.3) is 0 Å². The Morgan fingerprint density at radius 1 is 1.31 bits per heavy atom. The van der Waals surface area contributed by atoms with Crippen LogP contribution >= 0.6 is 0 Å². The lowest BCUT2D eigenvalue weighted by molar-refractivity contribution is 0.320. The second-order valence-corrected chi connectivity index (χ2v) is 3.61. The van der Waals surface area contributed by atoms with Crippen molar-refractivity contribution < 1.29 is 4.74 Å². The van der Waals surface area contributed by atoms with Gasteiger partial charge in [0, 0.05) is 24.3 Å². The molecule has 1 aromatic carbocycles. The van der Waals surface area contributed by atoms with E-state index in [1.807, 2.05) is 31.3 Å². The Morgan fingerprint density at radius 2 is 2.19 bits per heavy atom. The summed E-state index contributed by atoms with van der Waals surface area (Å²) >= 11 is 0. The Bertz CT molecular complexity index is 482. The maximum Gasteiger partial charge on any atom is 0.145 e. The van der Waals surface area contributed by atoms with Crippen molar-refractivity contribution in [2.24, 2.45) is 0 Å². The van der Waals surface area contributed by atoms with E-state index in [9.17, 15) is 0 Å². The van der Waals surface area contributed by atoms with Crippen LogP contribution in [0, 0.1) is 0 Å². The second kappa shape index (κ2) is 4.84. The van der Waals surface area contributed by atoms with Crippen molar-refractivity contribution in [3.63, 3.8) is 0 Å². The summed E-state index contributed by atoms with van der Waals surface area (Å²) in [5.41, 5.74) is 2.00. The summed E-state index contributed by atoms with van der Waals surface area (Å²) in [7, 11) is 1.91. The van der Waals surface area contributed by atoms with Crippen molar-refractivity contribution in [3.05, 3.63) is 30.5 Å². The molecule has 0 radical (unpaired) electrons. The van der Waals surface area contributed by atoms with E-state index in [0.29, 0.717) is 0 Å². The zero-order chi connectivity index (χ0) is 11.4. The minimum absolute atomic E-state index is 0.727. The molecule has 1 heterocycles. The topological polar surface area (TPSA) is 34.1 Å². The molecule has 3 heteroatoms. The van der Waals surface area contributed by atoms with Crippen LogP contribution in [0.1, 0.15) is 13.3 Å². The number of anilines is 1. The quantitative estimate of drug-likeness (QED) is 0.852. The molecule has 0 saturated carbocycles. The van der Waals surface area contributed by atoms with Crippen molar-refractivity contribution in [2.45, 2.75) is 13.3 Å². The predicted octanol–water partition coefficient (Wildman–Crippen LogP) is 3.07. The molecular weight excluding hydrogens is 200 g/mol. The van der Waals surface area contributed by atoms with Crippen LogP contribution in [0.5, 0.6) is 5.75 Å². The molecule has 84 valence electrons. The molecule has 0 fully saturated rings. The fraction of sp³-hybridized carbons (Fsp3) is 0.308. The lowest BCUT2D eigenvalue weighted by Crippen LogP contribution is -1.98. The Balaban J connectivity index is 2.51. The largest absolute Gasteiger partial charge is 0.491 e.